The van der Waals surface area contributed by atoms with E-state index in [0.29, 0.717) is 24.4 Å². The molecule has 0 radical (unpaired) electrons. The Labute approximate surface area is 123 Å². The number of aromatic amines is 2. The fourth-order valence-electron chi connectivity index (χ4n) is 1.70. The molecule has 4 N–H and O–H groups in total. The Morgan fingerprint density at radius 2 is 2.10 bits per heavy atom. The third kappa shape index (κ3) is 4.34. The predicted octanol–water partition coefficient (Wildman–Crippen LogP) is -0.453. The van der Waals surface area contributed by atoms with Gasteiger partial charge >= 0.3 is 0 Å². The number of rotatable bonds is 8. The standard InChI is InChI=1S/C11H19N7O2S/c1-8(2)12-5-9-6-14-18-11(9)21(19,20)16-4-3-10-13-7-15-17-10/h6-8,12,16H,3-5H2,1-2H3,(H,14,18)(H,13,15,17). The average molecular weight is 313 g/mol. The molecular weight excluding hydrogens is 294 g/mol. The molecule has 0 aliphatic carbocycles. The maximum Gasteiger partial charge on any atom is 0.257 e. The summed E-state index contributed by atoms with van der Waals surface area (Å²) in [6.07, 6.45) is 3.34. The van der Waals surface area contributed by atoms with Crippen molar-refractivity contribution in [2.45, 2.75) is 37.9 Å². The summed E-state index contributed by atoms with van der Waals surface area (Å²) in [7, 11) is -3.62. The van der Waals surface area contributed by atoms with Gasteiger partial charge in [0.1, 0.15) is 12.2 Å². The van der Waals surface area contributed by atoms with Crippen LogP contribution in [0, 0.1) is 0 Å². The van der Waals surface area contributed by atoms with E-state index in [1.54, 1.807) is 0 Å². The van der Waals surface area contributed by atoms with Gasteiger partial charge in [-0.05, 0) is 0 Å². The number of nitrogens with zero attached hydrogens (tertiary/aromatic N) is 3. The average Bonchev–Trinajstić information content (AvgIpc) is 3.07. The Morgan fingerprint density at radius 3 is 2.76 bits per heavy atom. The Morgan fingerprint density at radius 1 is 1.29 bits per heavy atom. The third-order valence-corrected chi connectivity index (χ3v) is 4.24. The van der Waals surface area contributed by atoms with Crippen LogP contribution in [0.15, 0.2) is 17.6 Å². The van der Waals surface area contributed by atoms with Gasteiger partial charge in [0.15, 0.2) is 5.03 Å². The number of H-pyrrole nitrogens is 2. The van der Waals surface area contributed by atoms with E-state index in [2.05, 4.69) is 35.4 Å². The van der Waals surface area contributed by atoms with Crippen LogP contribution in [0.2, 0.25) is 0 Å². The molecular formula is C11H19N7O2S. The minimum Gasteiger partial charge on any atom is -0.310 e. The van der Waals surface area contributed by atoms with Crippen LogP contribution in [0.4, 0.5) is 0 Å². The second-order valence-electron chi connectivity index (χ2n) is 4.84. The second-order valence-corrected chi connectivity index (χ2v) is 6.54. The lowest BCUT2D eigenvalue weighted by molar-refractivity contribution is 0.564. The summed E-state index contributed by atoms with van der Waals surface area (Å²) in [6, 6.07) is 0.259. The van der Waals surface area contributed by atoms with Crippen molar-refractivity contribution in [2.24, 2.45) is 0 Å². The molecule has 0 aliphatic heterocycles. The first-order chi connectivity index (χ1) is 9.99. The lowest BCUT2D eigenvalue weighted by Crippen LogP contribution is -2.29. The highest BCUT2D eigenvalue weighted by molar-refractivity contribution is 7.89. The van der Waals surface area contributed by atoms with Gasteiger partial charge in [-0.25, -0.2) is 18.1 Å². The van der Waals surface area contributed by atoms with Crippen LogP contribution >= 0.6 is 0 Å². The number of nitrogens with one attached hydrogen (secondary N) is 4. The SMILES string of the molecule is CC(C)NCc1cn[nH]c1S(=O)(=O)NCCc1ncn[nH]1. The van der Waals surface area contributed by atoms with Crippen molar-refractivity contribution in [2.75, 3.05) is 6.54 Å². The number of aromatic nitrogens is 5. The zero-order valence-electron chi connectivity index (χ0n) is 11.9. The molecule has 0 saturated carbocycles. The van der Waals surface area contributed by atoms with Gasteiger partial charge < -0.3 is 5.32 Å². The molecule has 2 heterocycles. The van der Waals surface area contributed by atoms with Crippen LogP contribution < -0.4 is 10.0 Å². The van der Waals surface area contributed by atoms with Crippen LogP contribution in [0.25, 0.3) is 0 Å². The van der Waals surface area contributed by atoms with Crippen molar-refractivity contribution < 1.29 is 8.42 Å². The van der Waals surface area contributed by atoms with Crippen LogP contribution in [0.5, 0.6) is 0 Å². The molecule has 0 saturated heterocycles. The summed E-state index contributed by atoms with van der Waals surface area (Å²) in [6.45, 7) is 4.65. The van der Waals surface area contributed by atoms with Crippen LogP contribution in [0.3, 0.4) is 0 Å². The van der Waals surface area contributed by atoms with E-state index in [4.69, 9.17) is 0 Å². The molecule has 0 fully saturated rings. The topological polar surface area (TPSA) is 128 Å². The highest BCUT2D eigenvalue weighted by Gasteiger charge is 2.20. The van der Waals surface area contributed by atoms with Crippen molar-refractivity contribution in [3.05, 3.63) is 23.9 Å². The molecule has 10 heteroatoms. The van der Waals surface area contributed by atoms with Gasteiger partial charge in [-0.3, -0.25) is 10.2 Å². The van der Waals surface area contributed by atoms with Gasteiger partial charge in [-0.2, -0.15) is 10.2 Å². The van der Waals surface area contributed by atoms with Crippen molar-refractivity contribution in [3.8, 4) is 0 Å². The molecule has 2 aromatic heterocycles. The predicted molar refractivity (Wildman–Crippen MR) is 75.8 cm³/mol. The zero-order chi connectivity index (χ0) is 15.3. The second kappa shape index (κ2) is 6.78. The molecule has 0 atom stereocenters. The van der Waals surface area contributed by atoms with Crippen molar-refractivity contribution >= 4 is 10.0 Å². The number of hydrogen-bond acceptors (Lipinski definition) is 6. The molecule has 2 aromatic rings. The van der Waals surface area contributed by atoms with Crippen molar-refractivity contribution in [3.63, 3.8) is 0 Å². The van der Waals surface area contributed by atoms with Gasteiger partial charge in [0.05, 0.1) is 6.20 Å². The molecule has 2 rings (SSSR count). The van der Waals surface area contributed by atoms with Crippen LogP contribution in [-0.2, 0) is 23.0 Å². The van der Waals surface area contributed by atoms with E-state index < -0.39 is 10.0 Å². The first kappa shape index (κ1) is 15.6. The number of sulfonamides is 1. The van der Waals surface area contributed by atoms with Crippen molar-refractivity contribution in [1.82, 2.24) is 35.4 Å². The summed E-state index contributed by atoms with van der Waals surface area (Å²) in [5, 5.41) is 16.0. The lowest BCUT2D eigenvalue weighted by Gasteiger charge is -2.09. The Balaban J connectivity index is 1.97. The minimum atomic E-state index is -3.62. The molecule has 9 nitrogen and oxygen atoms in total. The molecule has 0 spiro atoms. The fraction of sp³-hybridized carbons (Fsp3) is 0.545. The Hall–Kier alpha value is -1.78. The van der Waals surface area contributed by atoms with E-state index in [1.807, 2.05) is 13.8 Å². The first-order valence-electron chi connectivity index (χ1n) is 6.58. The maximum absolute atomic E-state index is 12.2. The van der Waals surface area contributed by atoms with Gasteiger partial charge in [0.25, 0.3) is 10.0 Å². The Kier molecular flexibility index (Phi) is 5.04. The van der Waals surface area contributed by atoms with E-state index in [-0.39, 0.29) is 17.6 Å². The highest BCUT2D eigenvalue weighted by atomic mass is 32.2. The normalized spacial score (nSPS) is 12.1. The van der Waals surface area contributed by atoms with E-state index in [1.165, 1.54) is 12.5 Å². The maximum atomic E-state index is 12.2. The minimum absolute atomic E-state index is 0.0909. The molecule has 0 aliphatic rings. The summed E-state index contributed by atoms with van der Waals surface area (Å²) in [4.78, 5) is 3.93. The van der Waals surface area contributed by atoms with E-state index in [9.17, 15) is 8.42 Å². The quantitative estimate of drug-likeness (QED) is 0.522. The Bertz CT molecular complexity index is 648. The van der Waals surface area contributed by atoms with Crippen LogP contribution in [-0.4, -0.2) is 46.4 Å². The first-order valence-corrected chi connectivity index (χ1v) is 8.07. The van der Waals surface area contributed by atoms with Gasteiger partial charge in [0, 0.05) is 31.1 Å². The van der Waals surface area contributed by atoms with Gasteiger partial charge in [-0.1, -0.05) is 13.8 Å². The summed E-state index contributed by atoms with van der Waals surface area (Å²) in [5.74, 6) is 0.629. The fourth-order valence-corrected chi connectivity index (χ4v) is 2.86. The van der Waals surface area contributed by atoms with E-state index in [0.717, 1.165) is 0 Å². The molecule has 0 unspecified atom stereocenters. The van der Waals surface area contributed by atoms with Gasteiger partial charge in [-0.15, -0.1) is 0 Å². The molecule has 116 valence electrons. The molecule has 21 heavy (non-hydrogen) atoms. The third-order valence-electron chi connectivity index (χ3n) is 2.77. The largest absolute Gasteiger partial charge is 0.310 e. The van der Waals surface area contributed by atoms with Gasteiger partial charge in [0.2, 0.25) is 0 Å². The molecule has 0 bridgehead atoms. The highest BCUT2D eigenvalue weighted by Crippen LogP contribution is 2.11. The summed E-state index contributed by atoms with van der Waals surface area (Å²) in [5.41, 5.74) is 0.607. The smallest absolute Gasteiger partial charge is 0.257 e. The molecule has 0 amide bonds. The van der Waals surface area contributed by atoms with E-state index >= 15 is 0 Å². The summed E-state index contributed by atoms with van der Waals surface area (Å²) >= 11 is 0. The monoisotopic (exact) mass is 313 g/mol. The van der Waals surface area contributed by atoms with Crippen LogP contribution in [0.1, 0.15) is 25.2 Å². The molecule has 0 aromatic carbocycles. The number of hydrogen-bond donors (Lipinski definition) is 4. The van der Waals surface area contributed by atoms with Crippen molar-refractivity contribution in [1.29, 1.82) is 0 Å². The summed E-state index contributed by atoms with van der Waals surface area (Å²) < 4.78 is 27.0. The lowest BCUT2D eigenvalue weighted by atomic mass is 10.3. The zero-order valence-corrected chi connectivity index (χ0v) is 12.7.